The first-order valence-corrected chi connectivity index (χ1v) is 6.82. The highest BCUT2D eigenvalue weighted by atomic mass is 16.5. The summed E-state index contributed by atoms with van der Waals surface area (Å²) in [6, 6.07) is 2.42. The number of rotatable bonds is 5. The molecule has 0 amide bonds. The number of aromatic nitrogens is 2. The predicted octanol–water partition coefficient (Wildman–Crippen LogP) is 1.60. The van der Waals surface area contributed by atoms with Gasteiger partial charge in [-0.3, -0.25) is 9.58 Å². The second kappa shape index (κ2) is 6.20. The molecule has 2 rings (SSSR count). The Bertz CT molecular complexity index is 364. The van der Waals surface area contributed by atoms with E-state index >= 15 is 0 Å². The van der Waals surface area contributed by atoms with Crippen LogP contribution in [0, 0.1) is 0 Å². The third kappa shape index (κ3) is 3.46. The molecule has 5 nitrogen and oxygen atoms in total. The Morgan fingerprint density at radius 3 is 3.06 bits per heavy atom. The fraction of sp³-hybridized carbons (Fsp3) is 0.769. The predicted molar refractivity (Wildman–Crippen MR) is 73.0 cm³/mol. The molecule has 1 saturated heterocycles. The molecule has 1 aromatic rings. The van der Waals surface area contributed by atoms with Gasteiger partial charge < -0.3 is 10.1 Å². The summed E-state index contributed by atoms with van der Waals surface area (Å²) in [6.45, 7) is 11.3. The summed E-state index contributed by atoms with van der Waals surface area (Å²) >= 11 is 0. The van der Waals surface area contributed by atoms with E-state index in [9.17, 15) is 0 Å². The zero-order valence-electron chi connectivity index (χ0n) is 11.6. The first kappa shape index (κ1) is 13.4. The molecule has 0 aromatic carbocycles. The molecule has 1 N–H and O–H groups in total. The smallest absolute Gasteiger partial charge is 0.148 e. The summed E-state index contributed by atoms with van der Waals surface area (Å²) in [7, 11) is 0. The molecule has 1 fully saturated rings. The Morgan fingerprint density at radius 2 is 2.39 bits per heavy atom. The van der Waals surface area contributed by atoms with Gasteiger partial charge in [0.15, 0.2) is 0 Å². The van der Waals surface area contributed by atoms with Crippen molar-refractivity contribution in [1.29, 1.82) is 0 Å². The molecule has 0 aliphatic carbocycles. The van der Waals surface area contributed by atoms with Crippen molar-refractivity contribution >= 4 is 5.82 Å². The van der Waals surface area contributed by atoms with E-state index in [2.05, 4.69) is 36.1 Å². The Morgan fingerprint density at radius 1 is 1.56 bits per heavy atom. The van der Waals surface area contributed by atoms with Gasteiger partial charge in [-0.15, -0.1) is 0 Å². The van der Waals surface area contributed by atoms with Crippen LogP contribution in [0.25, 0.3) is 0 Å². The van der Waals surface area contributed by atoms with Crippen molar-refractivity contribution in [3.05, 3.63) is 12.3 Å². The van der Waals surface area contributed by atoms with Crippen molar-refractivity contribution in [2.75, 3.05) is 38.1 Å². The molecule has 18 heavy (non-hydrogen) atoms. The van der Waals surface area contributed by atoms with E-state index in [0.717, 1.165) is 38.6 Å². The van der Waals surface area contributed by atoms with Crippen LogP contribution in [0.2, 0.25) is 0 Å². The standard InChI is InChI=1S/C13H24N4O/c1-4-16-7-8-18-12(10-16)9-14-13-5-6-17(15-13)11(2)3/h5-6,11-12H,4,7-10H2,1-3H3,(H,14,15). The highest BCUT2D eigenvalue weighted by Crippen LogP contribution is 2.10. The molecule has 0 bridgehead atoms. The topological polar surface area (TPSA) is 42.3 Å². The van der Waals surface area contributed by atoms with Crippen molar-refractivity contribution in [3.8, 4) is 0 Å². The van der Waals surface area contributed by atoms with E-state index in [0.29, 0.717) is 6.04 Å². The minimum Gasteiger partial charge on any atom is -0.374 e. The largest absolute Gasteiger partial charge is 0.374 e. The van der Waals surface area contributed by atoms with Gasteiger partial charge in [0.05, 0.1) is 12.7 Å². The van der Waals surface area contributed by atoms with E-state index in [1.807, 2.05) is 16.9 Å². The van der Waals surface area contributed by atoms with Gasteiger partial charge in [-0.2, -0.15) is 5.10 Å². The van der Waals surface area contributed by atoms with Crippen LogP contribution in [0.3, 0.4) is 0 Å². The summed E-state index contributed by atoms with van der Waals surface area (Å²) in [5.41, 5.74) is 0. The molecule has 0 spiro atoms. The number of anilines is 1. The lowest BCUT2D eigenvalue weighted by Crippen LogP contribution is -2.45. The molecular formula is C13H24N4O. The minimum atomic E-state index is 0.267. The maximum atomic E-state index is 5.75. The van der Waals surface area contributed by atoms with Crippen LogP contribution in [0.15, 0.2) is 12.3 Å². The maximum absolute atomic E-state index is 5.75. The Balaban J connectivity index is 1.79. The summed E-state index contributed by atoms with van der Waals surface area (Å²) < 4.78 is 7.71. The number of ether oxygens (including phenoxy) is 1. The van der Waals surface area contributed by atoms with Crippen LogP contribution in [-0.4, -0.2) is 53.6 Å². The van der Waals surface area contributed by atoms with E-state index in [1.165, 1.54) is 0 Å². The van der Waals surface area contributed by atoms with E-state index < -0.39 is 0 Å². The fourth-order valence-electron chi connectivity index (χ4n) is 2.13. The molecule has 2 heterocycles. The van der Waals surface area contributed by atoms with Crippen molar-refractivity contribution in [2.24, 2.45) is 0 Å². The molecule has 5 heteroatoms. The number of hydrogen-bond acceptors (Lipinski definition) is 4. The van der Waals surface area contributed by atoms with Crippen molar-refractivity contribution in [1.82, 2.24) is 14.7 Å². The third-order valence-electron chi connectivity index (χ3n) is 3.32. The van der Waals surface area contributed by atoms with E-state index in [-0.39, 0.29) is 6.10 Å². The van der Waals surface area contributed by atoms with Crippen LogP contribution >= 0.6 is 0 Å². The van der Waals surface area contributed by atoms with E-state index in [4.69, 9.17) is 4.74 Å². The molecule has 0 saturated carbocycles. The lowest BCUT2D eigenvalue weighted by Gasteiger charge is -2.32. The molecule has 1 aliphatic heterocycles. The summed E-state index contributed by atoms with van der Waals surface area (Å²) in [4.78, 5) is 2.42. The Labute approximate surface area is 109 Å². The lowest BCUT2D eigenvalue weighted by atomic mass is 10.2. The number of likely N-dealkylation sites (N-methyl/N-ethyl adjacent to an activating group) is 1. The van der Waals surface area contributed by atoms with Crippen molar-refractivity contribution < 1.29 is 4.74 Å². The normalized spacial score (nSPS) is 21.4. The van der Waals surface area contributed by atoms with Gasteiger partial charge in [-0.1, -0.05) is 6.92 Å². The summed E-state index contributed by atoms with van der Waals surface area (Å²) in [5, 5.41) is 7.82. The SMILES string of the molecule is CCN1CCOC(CNc2ccn(C(C)C)n2)C1. The lowest BCUT2D eigenvalue weighted by molar-refractivity contribution is -0.0192. The molecule has 1 aliphatic rings. The van der Waals surface area contributed by atoms with Gasteiger partial charge in [0.2, 0.25) is 0 Å². The molecule has 1 unspecified atom stereocenters. The van der Waals surface area contributed by atoms with Gasteiger partial charge >= 0.3 is 0 Å². The zero-order chi connectivity index (χ0) is 13.0. The van der Waals surface area contributed by atoms with Gasteiger partial charge in [-0.05, 0) is 20.4 Å². The Kier molecular flexibility index (Phi) is 4.60. The number of morpholine rings is 1. The molecular weight excluding hydrogens is 228 g/mol. The molecule has 1 aromatic heterocycles. The zero-order valence-corrected chi connectivity index (χ0v) is 11.6. The highest BCUT2D eigenvalue weighted by molar-refractivity contribution is 5.32. The van der Waals surface area contributed by atoms with Gasteiger partial charge in [0.25, 0.3) is 0 Å². The quantitative estimate of drug-likeness (QED) is 0.864. The maximum Gasteiger partial charge on any atom is 0.148 e. The van der Waals surface area contributed by atoms with E-state index in [1.54, 1.807) is 0 Å². The van der Waals surface area contributed by atoms with Gasteiger partial charge in [0.1, 0.15) is 5.82 Å². The second-order valence-electron chi connectivity index (χ2n) is 5.04. The van der Waals surface area contributed by atoms with Crippen LogP contribution < -0.4 is 5.32 Å². The number of nitrogens with zero attached hydrogens (tertiary/aromatic N) is 3. The third-order valence-corrected chi connectivity index (χ3v) is 3.32. The Hall–Kier alpha value is -1.07. The minimum absolute atomic E-state index is 0.267. The number of hydrogen-bond donors (Lipinski definition) is 1. The van der Waals surface area contributed by atoms with Crippen LogP contribution in [0.5, 0.6) is 0 Å². The average Bonchev–Trinajstić information content (AvgIpc) is 2.85. The van der Waals surface area contributed by atoms with Crippen LogP contribution in [-0.2, 0) is 4.74 Å². The van der Waals surface area contributed by atoms with Crippen molar-refractivity contribution in [3.63, 3.8) is 0 Å². The molecule has 0 radical (unpaired) electrons. The first-order valence-electron chi connectivity index (χ1n) is 6.82. The van der Waals surface area contributed by atoms with Gasteiger partial charge in [-0.25, -0.2) is 0 Å². The van der Waals surface area contributed by atoms with Gasteiger partial charge in [0, 0.05) is 37.9 Å². The summed E-state index contributed by atoms with van der Waals surface area (Å²) in [5.74, 6) is 0.931. The monoisotopic (exact) mass is 252 g/mol. The summed E-state index contributed by atoms with van der Waals surface area (Å²) in [6.07, 6.45) is 2.27. The molecule has 1 atom stereocenters. The van der Waals surface area contributed by atoms with Crippen molar-refractivity contribution in [2.45, 2.75) is 32.9 Å². The second-order valence-corrected chi connectivity index (χ2v) is 5.04. The van der Waals surface area contributed by atoms with Crippen LogP contribution in [0.1, 0.15) is 26.8 Å². The average molecular weight is 252 g/mol. The highest BCUT2D eigenvalue weighted by Gasteiger charge is 2.19. The number of nitrogens with one attached hydrogen (secondary N) is 1. The molecule has 102 valence electrons. The first-order chi connectivity index (χ1) is 8.69. The van der Waals surface area contributed by atoms with Crippen LogP contribution in [0.4, 0.5) is 5.82 Å². The fourth-order valence-corrected chi connectivity index (χ4v) is 2.13.